The van der Waals surface area contributed by atoms with Gasteiger partial charge in [-0.15, -0.1) is 0 Å². The maximum atomic E-state index is 12.3. The van der Waals surface area contributed by atoms with E-state index in [1.165, 1.54) is 17.4 Å². The average Bonchev–Trinajstić information content (AvgIpc) is 3.32. The summed E-state index contributed by atoms with van der Waals surface area (Å²) in [6, 6.07) is 7.94. The maximum Gasteiger partial charge on any atom is 0.419 e. The Morgan fingerprint density at radius 2 is 2.04 bits per heavy atom. The molecule has 128 valence electrons. The quantitative estimate of drug-likeness (QED) is 0.677. The molecule has 4 rings (SSSR count). The number of pyridine rings is 2. The molecule has 1 saturated carbocycles. The van der Waals surface area contributed by atoms with Crippen LogP contribution in [-0.4, -0.2) is 26.2 Å². The summed E-state index contributed by atoms with van der Waals surface area (Å²) in [5.74, 6) is 0.556. The van der Waals surface area contributed by atoms with E-state index < -0.39 is 11.7 Å². The molecule has 0 aliphatic heterocycles. The predicted octanol–water partition coefficient (Wildman–Crippen LogP) is 4.76. The van der Waals surface area contributed by atoms with Crippen molar-refractivity contribution in [2.45, 2.75) is 45.1 Å². The Kier molecular flexibility index (Phi) is 3.60. The highest BCUT2D eigenvalue weighted by atomic mass is 16.6. The normalized spacial score (nSPS) is 14.7. The van der Waals surface area contributed by atoms with Gasteiger partial charge in [0.05, 0.1) is 23.1 Å². The molecule has 1 fully saturated rings. The molecule has 0 spiro atoms. The lowest BCUT2D eigenvalue weighted by Gasteiger charge is -2.19. The minimum atomic E-state index is -0.532. The van der Waals surface area contributed by atoms with Gasteiger partial charge in [0.1, 0.15) is 5.60 Å². The van der Waals surface area contributed by atoms with Crippen LogP contribution < -0.4 is 0 Å². The van der Waals surface area contributed by atoms with Gasteiger partial charge in [-0.05, 0) is 57.9 Å². The lowest BCUT2D eigenvalue weighted by Crippen LogP contribution is -2.26. The van der Waals surface area contributed by atoms with Crippen molar-refractivity contribution >= 4 is 17.0 Å². The first-order valence-corrected chi connectivity index (χ1v) is 8.58. The molecule has 0 aromatic carbocycles. The molecule has 5 heteroatoms. The first-order valence-electron chi connectivity index (χ1n) is 8.58. The van der Waals surface area contributed by atoms with E-state index in [0.717, 1.165) is 27.9 Å². The number of fused-ring (bicyclic) bond motifs is 1. The molecule has 5 nitrogen and oxygen atoms in total. The molecule has 3 heterocycles. The summed E-state index contributed by atoms with van der Waals surface area (Å²) in [5.41, 5.74) is 3.31. The Hall–Kier alpha value is -2.69. The van der Waals surface area contributed by atoms with Crippen molar-refractivity contribution in [1.29, 1.82) is 0 Å². The topological polar surface area (TPSA) is 57.0 Å². The molecule has 25 heavy (non-hydrogen) atoms. The molecule has 0 N–H and O–H groups in total. The van der Waals surface area contributed by atoms with E-state index >= 15 is 0 Å². The van der Waals surface area contributed by atoms with E-state index in [1.807, 2.05) is 45.2 Å². The monoisotopic (exact) mass is 335 g/mol. The first kappa shape index (κ1) is 15.8. The highest BCUT2D eigenvalue weighted by Gasteiger charge is 2.28. The van der Waals surface area contributed by atoms with E-state index in [-0.39, 0.29) is 0 Å². The van der Waals surface area contributed by atoms with Crippen LogP contribution in [-0.2, 0) is 4.74 Å². The number of hydrogen-bond donors (Lipinski definition) is 0. The van der Waals surface area contributed by atoms with Gasteiger partial charge in [-0.3, -0.25) is 14.5 Å². The molecule has 0 amide bonds. The third-order valence-electron chi connectivity index (χ3n) is 4.25. The van der Waals surface area contributed by atoms with Crippen LogP contribution in [0.5, 0.6) is 0 Å². The zero-order valence-corrected chi connectivity index (χ0v) is 14.7. The number of nitrogens with zero attached hydrogens (tertiary/aromatic N) is 3. The SMILES string of the molecule is CC(C)(C)OC(=O)n1ccc2cc(-c3cccnc3C3CC3)ncc21. The van der Waals surface area contributed by atoms with Gasteiger partial charge >= 0.3 is 6.09 Å². The van der Waals surface area contributed by atoms with E-state index in [2.05, 4.69) is 16.0 Å². The zero-order chi connectivity index (χ0) is 17.6. The summed E-state index contributed by atoms with van der Waals surface area (Å²) in [6.07, 6.45) is 7.31. The molecule has 3 aromatic heterocycles. The van der Waals surface area contributed by atoms with Crippen molar-refractivity contribution in [2.75, 3.05) is 0 Å². The summed E-state index contributed by atoms with van der Waals surface area (Å²) >= 11 is 0. The second kappa shape index (κ2) is 5.69. The predicted molar refractivity (Wildman–Crippen MR) is 96.6 cm³/mol. The van der Waals surface area contributed by atoms with Crippen molar-refractivity contribution in [2.24, 2.45) is 0 Å². The Balaban J connectivity index is 1.72. The summed E-state index contributed by atoms with van der Waals surface area (Å²) in [4.78, 5) is 21.5. The molecular formula is C20H21N3O2. The molecule has 0 atom stereocenters. The second-order valence-corrected chi connectivity index (χ2v) is 7.50. The van der Waals surface area contributed by atoms with E-state index in [0.29, 0.717) is 5.92 Å². The highest BCUT2D eigenvalue weighted by molar-refractivity contribution is 5.91. The van der Waals surface area contributed by atoms with E-state index in [1.54, 1.807) is 12.4 Å². The van der Waals surface area contributed by atoms with Gasteiger partial charge in [0.25, 0.3) is 0 Å². The van der Waals surface area contributed by atoms with Gasteiger partial charge in [0, 0.05) is 29.3 Å². The fraction of sp³-hybridized carbons (Fsp3) is 0.350. The average molecular weight is 335 g/mol. The molecule has 1 aliphatic carbocycles. The van der Waals surface area contributed by atoms with Crippen molar-refractivity contribution in [1.82, 2.24) is 14.5 Å². The van der Waals surface area contributed by atoms with E-state index in [4.69, 9.17) is 4.74 Å². The van der Waals surface area contributed by atoms with Gasteiger partial charge in [-0.1, -0.05) is 0 Å². The number of rotatable bonds is 2. The van der Waals surface area contributed by atoms with Crippen LogP contribution in [0, 0.1) is 0 Å². The number of aromatic nitrogens is 3. The van der Waals surface area contributed by atoms with Crippen LogP contribution in [0.15, 0.2) is 42.9 Å². The van der Waals surface area contributed by atoms with Crippen LogP contribution >= 0.6 is 0 Å². The molecule has 0 saturated heterocycles. The zero-order valence-electron chi connectivity index (χ0n) is 14.7. The van der Waals surface area contributed by atoms with Crippen molar-refractivity contribution in [3.05, 3.63) is 48.5 Å². The highest BCUT2D eigenvalue weighted by Crippen LogP contribution is 2.43. The van der Waals surface area contributed by atoms with Crippen molar-refractivity contribution in [3.8, 4) is 11.3 Å². The summed E-state index contributed by atoms with van der Waals surface area (Å²) in [6.45, 7) is 5.57. The largest absolute Gasteiger partial charge is 0.443 e. The van der Waals surface area contributed by atoms with Crippen LogP contribution in [0.25, 0.3) is 22.2 Å². The fourth-order valence-corrected chi connectivity index (χ4v) is 2.97. The first-order chi connectivity index (χ1) is 11.9. The second-order valence-electron chi connectivity index (χ2n) is 7.50. The van der Waals surface area contributed by atoms with Gasteiger partial charge in [0.15, 0.2) is 0 Å². The number of carbonyl (C=O) groups excluding carboxylic acids is 1. The van der Waals surface area contributed by atoms with E-state index in [9.17, 15) is 4.79 Å². The molecule has 1 aliphatic rings. The molecule has 0 bridgehead atoms. The van der Waals surface area contributed by atoms with Crippen LogP contribution in [0.1, 0.15) is 45.2 Å². The summed E-state index contributed by atoms with van der Waals surface area (Å²) in [7, 11) is 0. The van der Waals surface area contributed by atoms with Crippen molar-refractivity contribution in [3.63, 3.8) is 0 Å². The molecule has 3 aromatic rings. The third kappa shape index (κ3) is 3.14. The lowest BCUT2D eigenvalue weighted by molar-refractivity contribution is 0.0544. The Bertz CT molecular complexity index is 949. The Morgan fingerprint density at radius 3 is 2.76 bits per heavy atom. The summed E-state index contributed by atoms with van der Waals surface area (Å²) in [5, 5.41) is 0.960. The fourth-order valence-electron chi connectivity index (χ4n) is 2.97. The van der Waals surface area contributed by atoms with Crippen molar-refractivity contribution < 1.29 is 9.53 Å². The minimum Gasteiger partial charge on any atom is -0.443 e. The van der Waals surface area contributed by atoms with Gasteiger partial charge in [0.2, 0.25) is 0 Å². The summed E-state index contributed by atoms with van der Waals surface area (Å²) < 4.78 is 6.95. The van der Waals surface area contributed by atoms with Gasteiger partial charge in [-0.25, -0.2) is 4.79 Å². The third-order valence-corrected chi connectivity index (χ3v) is 4.25. The van der Waals surface area contributed by atoms with Crippen LogP contribution in [0.2, 0.25) is 0 Å². The standard InChI is InChI=1S/C20H21N3O2/c1-20(2,3)25-19(24)23-10-8-14-11-16(22-12-17(14)23)15-5-4-9-21-18(15)13-6-7-13/h4-5,8-13H,6-7H2,1-3H3. The van der Waals surface area contributed by atoms with Gasteiger partial charge < -0.3 is 4.74 Å². The number of ether oxygens (including phenoxy) is 1. The number of carbonyl (C=O) groups is 1. The molecule has 0 unspecified atom stereocenters. The Morgan fingerprint density at radius 1 is 1.24 bits per heavy atom. The lowest BCUT2D eigenvalue weighted by atomic mass is 10.1. The van der Waals surface area contributed by atoms with Crippen LogP contribution in [0.3, 0.4) is 0 Å². The molecule has 0 radical (unpaired) electrons. The van der Waals surface area contributed by atoms with Crippen LogP contribution in [0.4, 0.5) is 4.79 Å². The smallest absolute Gasteiger partial charge is 0.419 e. The number of hydrogen-bond acceptors (Lipinski definition) is 4. The molecular weight excluding hydrogens is 314 g/mol. The van der Waals surface area contributed by atoms with Gasteiger partial charge in [-0.2, -0.15) is 0 Å². The Labute approximate surface area is 146 Å². The maximum absolute atomic E-state index is 12.3. The minimum absolute atomic E-state index is 0.392.